The number of nitrogens with one attached hydrogen (secondary N) is 1. The molecule has 0 bridgehead atoms. The molecular weight excluding hydrogens is 323 g/mol. The first kappa shape index (κ1) is 17.8. The van der Waals surface area contributed by atoms with Crippen LogP contribution < -0.4 is 10.5 Å². The van der Waals surface area contributed by atoms with Gasteiger partial charge in [0.05, 0.1) is 23.3 Å². The predicted molar refractivity (Wildman–Crippen MR) is 76.2 cm³/mol. The molecule has 0 saturated carbocycles. The molecule has 6 nitrogen and oxygen atoms in total. The number of halogens is 2. The number of benzene rings is 1. The Morgan fingerprint density at radius 2 is 2.10 bits per heavy atom. The van der Waals surface area contributed by atoms with E-state index < -0.39 is 32.2 Å². The summed E-state index contributed by atoms with van der Waals surface area (Å²) in [6.07, 6.45) is 0.00292. The van der Waals surface area contributed by atoms with Crippen molar-refractivity contribution in [3.8, 4) is 0 Å². The molecule has 118 valence electrons. The molecular formula is C12H16ClFN2O4S. The van der Waals surface area contributed by atoms with Crippen LogP contribution in [0.25, 0.3) is 0 Å². The summed E-state index contributed by atoms with van der Waals surface area (Å²) >= 11 is 5.60. The molecule has 0 aliphatic carbocycles. The van der Waals surface area contributed by atoms with Crippen LogP contribution in [0.15, 0.2) is 17.0 Å². The average Bonchev–Trinajstić information content (AvgIpc) is 2.32. The van der Waals surface area contributed by atoms with Gasteiger partial charge in [0.1, 0.15) is 10.7 Å². The van der Waals surface area contributed by atoms with Crippen molar-refractivity contribution in [3.05, 3.63) is 28.5 Å². The molecule has 21 heavy (non-hydrogen) atoms. The van der Waals surface area contributed by atoms with E-state index in [-0.39, 0.29) is 24.3 Å². The first-order valence-corrected chi connectivity index (χ1v) is 7.97. The summed E-state index contributed by atoms with van der Waals surface area (Å²) in [5.41, 5.74) is -0.451. The number of ether oxygens (including phenoxy) is 1. The zero-order valence-corrected chi connectivity index (χ0v) is 13.1. The number of amides is 1. The summed E-state index contributed by atoms with van der Waals surface area (Å²) in [6, 6.07) is 1.55. The Hall–Kier alpha value is -1.22. The van der Waals surface area contributed by atoms with Crippen LogP contribution >= 0.6 is 11.6 Å². The largest absolute Gasteiger partial charge is 0.377 e. The van der Waals surface area contributed by atoms with E-state index in [2.05, 4.69) is 5.32 Å². The maximum Gasteiger partial charge on any atom is 0.254 e. The number of nitrogens with two attached hydrogens (primary N) is 1. The lowest BCUT2D eigenvalue weighted by Gasteiger charge is -2.10. The van der Waals surface area contributed by atoms with Crippen LogP contribution in [-0.4, -0.2) is 33.6 Å². The standard InChI is InChI=1S/C12H16ClFN2O4S/c1-7(2)20-4-3-16-12(17)8-5-11(21(15,18)19)9(13)6-10(8)14/h5-7H,3-4H2,1-2H3,(H,16,17)(H2,15,18,19). The molecule has 9 heteroatoms. The molecule has 0 atom stereocenters. The summed E-state index contributed by atoms with van der Waals surface area (Å²) < 4.78 is 41.5. The number of rotatable bonds is 6. The van der Waals surface area contributed by atoms with Crippen LogP contribution in [0, 0.1) is 5.82 Å². The Kier molecular flexibility index (Phi) is 6.09. The maximum absolute atomic E-state index is 13.7. The van der Waals surface area contributed by atoms with Gasteiger partial charge < -0.3 is 10.1 Å². The van der Waals surface area contributed by atoms with E-state index in [1.165, 1.54) is 0 Å². The second-order valence-electron chi connectivity index (χ2n) is 4.48. The van der Waals surface area contributed by atoms with E-state index in [9.17, 15) is 17.6 Å². The lowest BCUT2D eigenvalue weighted by Crippen LogP contribution is -2.29. The van der Waals surface area contributed by atoms with E-state index >= 15 is 0 Å². The second-order valence-corrected chi connectivity index (χ2v) is 6.42. The van der Waals surface area contributed by atoms with Crippen molar-refractivity contribution in [1.82, 2.24) is 5.32 Å². The Morgan fingerprint density at radius 1 is 1.48 bits per heavy atom. The highest BCUT2D eigenvalue weighted by atomic mass is 35.5. The first-order valence-electron chi connectivity index (χ1n) is 6.04. The molecule has 0 heterocycles. The van der Waals surface area contributed by atoms with E-state index in [1.807, 2.05) is 13.8 Å². The number of primary sulfonamides is 1. The second kappa shape index (κ2) is 7.17. The van der Waals surface area contributed by atoms with Crippen molar-refractivity contribution in [1.29, 1.82) is 0 Å². The topological polar surface area (TPSA) is 98.5 Å². The van der Waals surface area contributed by atoms with E-state index in [4.69, 9.17) is 21.5 Å². The van der Waals surface area contributed by atoms with Gasteiger partial charge in [-0.05, 0) is 26.0 Å². The number of hydrogen-bond acceptors (Lipinski definition) is 4. The van der Waals surface area contributed by atoms with Crippen LogP contribution in [0.4, 0.5) is 4.39 Å². The smallest absolute Gasteiger partial charge is 0.254 e. The van der Waals surface area contributed by atoms with Crippen molar-refractivity contribution < 1.29 is 22.3 Å². The quantitative estimate of drug-likeness (QED) is 0.763. The minimum Gasteiger partial charge on any atom is -0.377 e. The van der Waals surface area contributed by atoms with Gasteiger partial charge >= 0.3 is 0 Å². The molecule has 1 rings (SSSR count). The molecule has 0 aromatic heterocycles. The van der Waals surface area contributed by atoms with Crippen LogP contribution in [0.5, 0.6) is 0 Å². The van der Waals surface area contributed by atoms with Gasteiger partial charge in [-0.25, -0.2) is 17.9 Å². The van der Waals surface area contributed by atoms with Crippen molar-refractivity contribution in [2.75, 3.05) is 13.2 Å². The summed E-state index contributed by atoms with van der Waals surface area (Å²) in [5, 5.41) is 6.98. The van der Waals surface area contributed by atoms with Crippen molar-refractivity contribution in [2.24, 2.45) is 5.14 Å². The molecule has 1 amide bonds. The molecule has 0 saturated heterocycles. The number of carbonyl (C=O) groups is 1. The third kappa shape index (κ3) is 5.24. The summed E-state index contributed by atoms with van der Waals surface area (Å²) in [6.45, 7) is 4.07. The van der Waals surface area contributed by atoms with Crippen molar-refractivity contribution in [3.63, 3.8) is 0 Å². The zero-order chi connectivity index (χ0) is 16.2. The molecule has 0 unspecified atom stereocenters. The van der Waals surface area contributed by atoms with Crippen LogP contribution in [0.3, 0.4) is 0 Å². The third-order valence-electron chi connectivity index (χ3n) is 2.41. The molecule has 1 aromatic carbocycles. The van der Waals surface area contributed by atoms with Gasteiger partial charge in [-0.1, -0.05) is 11.6 Å². The summed E-state index contributed by atoms with van der Waals surface area (Å²) in [4.78, 5) is 11.3. The number of sulfonamides is 1. The molecule has 0 radical (unpaired) electrons. The Bertz CT molecular complexity index is 634. The molecule has 1 aromatic rings. The van der Waals surface area contributed by atoms with Gasteiger partial charge in [-0.2, -0.15) is 0 Å². The predicted octanol–water partition coefficient (Wildman–Crippen LogP) is 1.28. The van der Waals surface area contributed by atoms with Gasteiger partial charge in [0.15, 0.2) is 0 Å². The number of hydrogen-bond donors (Lipinski definition) is 2. The Balaban J connectivity index is 2.90. The average molecular weight is 339 g/mol. The van der Waals surface area contributed by atoms with Crippen molar-refractivity contribution >= 4 is 27.5 Å². The highest BCUT2D eigenvalue weighted by molar-refractivity contribution is 7.89. The highest BCUT2D eigenvalue weighted by Gasteiger charge is 2.20. The first-order chi connectivity index (χ1) is 9.62. The lowest BCUT2D eigenvalue weighted by molar-refractivity contribution is 0.0745. The number of carbonyl (C=O) groups excluding carboxylic acids is 1. The SMILES string of the molecule is CC(C)OCCNC(=O)c1cc(S(N)(=O)=O)c(Cl)cc1F. The van der Waals surface area contributed by atoms with E-state index in [1.54, 1.807) is 0 Å². The fourth-order valence-electron chi connectivity index (χ4n) is 1.48. The molecule has 3 N–H and O–H groups in total. The van der Waals surface area contributed by atoms with Gasteiger partial charge in [-0.15, -0.1) is 0 Å². The maximum atomic E-state index is 13.7. The Morgan fingerprint density at radius 3 is 2.62 bits per heavy atom. The Labute approximate surface area is 127 Å². The molecule has 0 fully saturated rings. The van der Waals surface area contributed by atoms with Crippen LogP contribution in [-0.2, 0) is 14.8 Å². The van der Waals surface area contributed by atoms with Gasteiger partial charge in [0, 0.05) is 6.54 Å². The van der Waals surface area contributed by atoms with Crippen LogP contribution in [0.1, 0.15) is 24.2 Å². The van der Waals surface area contributed by atoms with Crippen molar-refractivity contribution in [2.45, 2.75) is 24.8 Å². The molecule has 0 aliphatic rings. The lowest BCUT2D eigenvalue weighted by atomic mass is 10.2. The highest BCUT2D eigenvalue weighted by Crippen LogP contribution is 2.24. The summed E-state index contributed by atoms with van der Waals surface area (Å²) in [5.74, 6) is -1.71. The van der Waals surface area contributed by atoms with Gasteiger partial charge in [0.25, 0.3) is 5.91 Å². The fourth-order valence-corrected chi connectivity index (χ4v) is 2.56. The van der Waals surface area contributed by atoms with E-state index in [0.29, 0.717) is 0 Å². The van der Waals surface area contributed by atoms with Gasteiger partial charge in [-0.3, -0.25) is 4.79 Å². The zero-order valence-electron chi connectivity index (χ0n) is 11.5. The fraction of sp³-hybridized carbons (Fsp3) is 0.417. The van der Waals surface area contributed by atoms with E-state index in [0.717, 1.165) is 12.1 Å². The minimum atomic E-state index is -4.15. The summed E-state index contributed by atoms with van der Waals surface area (Å²) in [7, 11) is -4.15. The minimum absolute atomic E-state index is 0.00292. The van der Waals surface area contributed by atoms with Gasteiger partial charge in [0.2, 0.25) is 10.0 Å². The third-order valence-corrected chi connectivity index (χ3v) is 3.79. The molecule has 0 aliphatic heterocycles. The van der Waals surface area contributed by atoms with Crippen LogP contribution in [0.2, 0.25) is 5.02 Å². The normalized spacial score (nSPS) is 11.7. The molecule has 0 spiro atoms. The monoisotopic (exact) mass is 338 g/mol.